The number of fused-ring (bicyclic) bond motifs is 1. The van der Waals surface area contributed by atoms with Gasteiger partial charge in [-0.05, 0) is 111 Å². The second kappa shape index (κ2) is 11.1. The molecule has 2 aliphatic carbocycles. The zero-order chi connectivity index (χ0) is 23.2. The first-order chi connectivity index (χ1) is 16.1. The smallest absolute Gasteiger partial charge is 0.134 e. The van der Waals surface area contributed by atoms with Gasteiger partial charge in [-0.2, -0.15) is 0 Å². The van der Waals surface area contributed by atoms with Crippen molar-refractivity contribution < 1.29 is 13.5 Å². The molecular weight excluding hydrogens is 414 g/mol. The van der Waals surface area contributed by atoms with Gasteiger partial charge in [-0.15, -0.1) is 6.58 Å². The third-order valence-electron chi connectivity index (χ3n) is 7.76. The van der Waals surface area contributed by atoms with Crippen molar-refractivity contribution in [2.45, 2.75) is 64.2 Å². The van der Waals surface area contributed by atoms with Crippen LogP contribution < -0.4 is 4.74 Å². The Morgan fingerprint density at radius 3 is 2.36 bits per heavy atom. The highest BCUT2D eigenvalue weighted by Gasteiger charge is 2.36. The van der Waals surface area contributed by atoms with Crippen LogP contribution in [0.4, 0.5) is 8.78 Å². The van der Waals surface area contributed by atoms with E-state index in [4.69, 9.17) is 4.74 Å². The standard InChI is InChI=1S/C30H36F2O/c1-3-5-7-21-8-9-24-18-25(11-10-23(24)17-21)26-19-28(31)30(29(32)20-26)22-12-14-27(15-13-22)33-16-6-4-2/h3-4,6,12-15,19-21,23-25H,1,5,7-11,16-18H2,2H3/b6-4+. The van der Waals surface area contributed by atoms with Gasteiger partial charge in [0, 0.05) is 0 Å². The minimum absolute atomic E-state index is 0.0511. The highest BCUT2D eigenvalue weighted by molar-refractivity contribution is 5.66. The molecule has 0 radical (unpaired) electrons. The van der Waals surface area contributed by atoms with Crippen LogP contribution in [0.1, 0.15) is 69.8 Å². The Morgan fingerprint density at radius 1 is 0.970 bits per heavy atom. The fourth-order valence-corrected chi connectivity index (χ4v) is 5.97. The van der Waals surface area contributed by atoms with E-state index < -0.39 is 11.6 Å². The van der Waals surface area contributed by atoms with Crippen molar-refractivity contribution in [3.8, 4) is 16.9 Å². The van der Waals surface area contributed by atoms with Crippen molar-refractivity contribution in [1.29, 1.82) is 0 Å². The molecule has 4 atom stereocenters. The lowest BCUT2D eigenvalue weighted by atomic mass is 9.63. The van der Waals surface area contributed by atoms with Crippen LogP contribution in [-0.2, 0) is 0 Å². The topological polar surface area (TPSA) is 9.23 Å². The maximum atomic E-state index is 15.1. The minimum Gasteiger partial charge on any atom is -0.490 e. The number of halogens is 2. The molecule has 2 fully saturated rings. The zero-order valence-corrected chi connectivity index (χ0v) is 19.7. The van der Waals surface area contributed by atoms with Gasteiger partial charge < -0.3 is 4.74 Å². The molecule has 4 rings (SSSR count). The fraction of sp³-hybridized carbons (Fsp3) is 0.467. The molecule has 2 aromatic rings. The largest absolute Gasteiger partial charge is 0.490 e. The van der Waals surface area contributed by atoms with Gasteiger partial charge in [0.1, 0.15) is 24.0 Å². The highest BCUT2D eigenvalue weighted by atomic mass is 19.1. The Hall–Kier alpha value is -2.42. The maximum Gasteiger partial charge on any atom is 0.134 e. The van der Waals surface area contributed by atoms with Gasteiger partial charge in [0.2, 0.25) is 0 Å². The summed E-state index contributed by atoms with van der Waals surface area (Å²) in [4.78, 5) is 0. The van der Waals surface area contributed by atoms with Crippen molar-refractivity contribution in [1.82, 2.24) is 0 Å². The Balaban J connectivity index is 1.43. The van der Waals surface area contributed by atoms with E-state index in [2.05, 4.69) is 6.58 Å². The maximum absolute atomic E-state index is 15.1. The molecule has 0 heterocycles. The molecular formula is C30H36F2O. The van der Waals surface area contributed by atoms with Crippen molar-refractivity contribution >= 4 is 0 Å². The van der Waals surface area contributed by atoms with E-state index in [1.54, 1.807) is 36.4 Å². The molecule has 0 aliphatic heterocycles. The lowest BCUT2D eigenvalue weighted by Gasteiger charge is -2.42. The predicted molar refractivity (Wildman–Crippen MR) is 132 cm³/mol. The van der Waals surface area contributed by atoms with E-state index in [1.807, 2.05) is 25.2 Å². The molecule has 2 aromatic carbocycles. The van der Waals surface area contributed by atoms with Gasteiger partial charge >= 0.3 is 0 Å². The second-order valence-electron chi connectivity index (χ2n) is 9.84. The van der Waals surface area contributed by atoms with Crippen LogP contribution in [-0.4, -0.2) is 6.61 Å². The number of benzene rings is 2. The molecule has 0 amide bonds. The summed E-state index contributed by atoms with van der Waals surface area (Å²) in [6.07, 6.45) is 15.4. The van der Waals surface area contributed by atoms with E-state index in [0.29, 0.717) is 23.8 Å². The Labute approximate surface area is 197 Å². The van der Waals surface area contributed by atoms with Crippen LogP contribution in [0.5, 0.6) is 5.75 Å². The predicted octanol–water partition coefficient (Wildman–Crippen LogP) is 8.85. The molecule has 0 N–H and O–H groups in total. The molecule has 1 nitrogen and oxygen atoms in total. The van der Waals surface area contributed by atoms with Crippen LogP contribution >= 0.6 is 0 Å². The second-order valence-corrected chi connectivity index (χ2v) is 9.84. The molecule has 33 heavy (non-hydrogen) atoms. The summed E-state index contributed by atoms with van der Waals surface area (Å²) in [5.74, 6) is 2.32. The first-order valence-corrected chi connectivity index (χ1v) is 12.5. The quantitative estimate of drug-likeness (QED) is 0.365. The first kappa shape index (κ1) is 23.7. The van der Waals surface area contributed by atoms with Crippen LogP contribution in [0.3, 0.4) is 0 Å². The molecule has 3 heteroatoms. The molecule has 0 aromatic heterocycles. The molecule has 4 unspecified atom stereocenters. The lowest BCUT2D eigenvalue weighted by Crippen LogP contribution is -2.30. The summed E-state index contributed by atoms with van der Waals surface area (Å²) in [7, 11) is 0. The average Bonchev–Trinajstić information content (AvgIpc) is 2.83. The third kappa shape index (κ3) is 5.75. The van der Waals surface area contributed by atoms with Crippen LogP contribution in [0, 0.1) is 29.4 Å². The molecule has 2 aliphatic rings. The zero-order valence-electron chi connectivity index (χ0n) is 19.7. The van der Waals surface area contributed by atoms with E-state index in [1.165, 1.54) is 32.1 Å². The molecule has 0 spiro atoms. The summed E-state index contributed by atoms with van der Waals surface area (Å²) in [5, 5.41) is 0. The van der Waals surface area contributed by atoms with Gasteiger partial charge in [-0.3, -0.25) is 0 Å². The molecule has 2 saturated carbocycles. The summed E-state index contributed by atoms with van der Waals surface area (Å²) in [5.41, 5.74) is 1.42. The molecule has 0 bridgehead atoms. The van der Waals surface area contributed by atoms with Crippen molar-refractivity contribution in [3.63, 3.8) is 0 Å². The Kier molecular flexibility index (Phi) is 8.01. The monoisotopic (exact) mass is 450 g/mol. The van der Waals surface area contributed by atoms with Gasteiger partial charge in [0.05, 0.1) is 5.56 Å². The Morgan fingerprint density at radius 2 is 1.67 bits per heavy atom. The number of hydrogen-bond acceptors (Lipinski definition) is 1. The van der Waals surface area contributed by atoms with Crippen molar-refractivity contribution in [2.24, 2.45) is 17.8 Å². The van der Waals surface area contributed by atoms with Gasteiger partial charge in [-0.1, -0.05) is 36.8 Å². The van der Waals surface area contributed by atoms with E-state index in [9.17, 15) is 0 Å². The van der Waals surface area contributed by atoms with E-state index in [-0.39, 0.29) is 11.5 Å². The SMILES string of the molecule is C=CCCC1CCC2CC(c3cc(F)c(-c4ccc(OC/C=C/C)cc4)c(F)c3)CCC2C1. The summed E-state index contributed by atoms with van der Waals surface area (Å²) in [6, 6.07) is 10.1. The average molecular weight is 451 g/mol. The first-order valence-electron chi connectivity index (χ1n) is 12.5. The Bertz CT molecular complexity index is 939. The number of ether oxygens (including phenoxy) is 1. The highest BCUT2D eigenvalue weighted by Crippen LogP contribution is 2.48. The number of allylic oxidation sites excluding steroid dienone is 2. The summed E-state index contributed by atoms with van der Waals surface area (Å²) in [6.45, 7) is 6.27. The fourth-order valence-electron chi connectivity index (χ4n) is 5.97. The summed E-state index contributed by atoms with van der Waals surface area (Å²) >= 11 is 0. The lowest BCUT2D eigenvalue weighted by molar-refractivity contribution is 0.115. The van der Waals surface area contributed by atoms with Gasteiger partial charge in [0.25, 0.3) is 0 Å². The van der Waals surface area contributed by atoms with Gasteiger partial charge in [-0.25, -0.2) is 8.78 Å². The van der Waals surface area contributed by atoms with Crippen molar-refractivity contribution in [2.75, 3.05) is 6.61 Å². The van der Waals surface area contributed by atoms with Crippen LogP contribution in [0.2, 0.25) is 0 Å². The molecule has 0 saturated heterocycles. The number of rotatable bonds is 8. The van der Waals surface area contributed by atoms with Crippen LogP contribution in [0.25, 0.3) is 11.1 Å². The third-order valence-corrected chi connectivity index (χ3v) is 7.76. The summed E-state index contributed by atoms with van der Waals surface area (Å²) < 4.78 is 35.8. The van der Waals surface area contributed by atoms with E-state index in [0.717, 1.165) is 36.7 Å². The minimum atomic E-state index is -0.470. The normalized spacial score (nSPS) is 25.1. The van der Waals surface area contributed by atoms with Crippen LogP contribution in [0.15, 0.2) is 61.2 Å². The van der Waals surface area contributed by atoms with E-state index >= 15 is 8.78 Å². The molecule has 176 valence electrons. The number of hydrogen-bond donors (Lipinski definition) is 0. The van der Waals surface area contributed by atoms with Gasteiger partial charge in [0.15, 0.2) is 0 Å². The van der Waals surface area contributed by atoms with Crippen molar-refractivity contribution in [3.05, 3.63) is 78.4 Å².